The fourth-order valence-electron chi connectivity index (χ4n) is 8.26. The molecule has 0 radical (unpaired) electrons. The first-order chi connectivity index (χ1) is 23.1. The summed E-state index contributed by atoms with van der Waals surface area (Å²) in [6, 6.07) is 13.0. The number of aryl methyl sites for hydroxylation is 1. The predicted molar refractivity (Wildman–Crippen MR) is 181 cm³/mol. The van der Waals surface area contributed by atoms with E-state index in [1.54, 1.807) is 31.2 Å². The normalized spacial score (nSPS) is 27.6. The number of nitrogens with zero attached hydrogens (tertiary/aromatic N) is 3. The molecule has 0 bridgehead atoms. The van der Waals surface area contributed by atoms with Crippen LogP contribution in [-0.4, -0.2) is 79.8 Å². The van der Waals surface area contributed by atoms with Crippen LogP contribution in [0.3, 0.4) is 0 Å². The summed E-state index contributed by atoms with van der Waals surface area (Å²) in [7, 11) is -3.66. The van der Waals surface area contributed by atoms with Gasteiger partial charge in [0.2, 0.25) is 15.0 Å². The van der Waals surface area contributed by atoms with Crippen LogP contribution in [0, 0.1) is 11.8 Å². The number of ether oxygens (including phenoxy) is 3. The number of rotatable bonds is 9. The van der Waals surface area contributed by atoms with E-state index in [9.17, 15) is 18.3 Å². The predicted octanol–water partition coefficient (Wildman–Crippen LogP) is 5.75. The highest BCUT2D eigenvalue weighted by molar-refractivity contribution is 7.91. The van der Waals surface area contributed by atoms with Gasteiger partial charge in [0.1, 0.15) is 5.75 Å². The van der Waals surface area contributed by atoms with Crippen LogP contribution >= 0.6 is 11.6 Å². The van der Waals surface area contributed by atoms with Crippen molar-refractivity contribution in [3.63, 3.8) is 0 Å². The molecule has 1 saturated heterocycles. The number of halogens is 1. The monoisotopic (exact) mass is 695 g/mol. The van der Waals surface area contributed by atoms with E-state index in [1.807, 2.05) is 6.07 Å². The Labute approximate surface area is 286 Å². The molecule has 48 heavy (non-hydrogen) atoms. The van der Waals surface area contributed by atoms with Crippen LogP contribution in [0.1, 0.15) is 66.9 Å². The van der Waals surface area contributed by atoms with Crippen molar-refractivity contribution < 1.29 is 32.5 Å². The number of benzene rings is 2. The van der Waals surface area contributed by atoms with Crippen molar-refractivity contribution in [3.8, 4) is 5.75 Å². The summed E-state index contributed by atoms with van der Waals surface area (Å²) in [5.41, 5.74) is 3.34. The summed E-state index contributed by atoms with van der Waals surface area (Å²) in [4.78, 5) is 22.2. The highest BCUT2D eigenvalue weighted by Crippen LogP contribution is 2.47. The number of sulfone groups is 1. The number of carboxylic acids is 1. The minimum Gasteiger partial charge on any atom is -0.490 e. The van der Waals surface area contributed by atoms with Crippen molar-refractivity contribution in [3.05, 3.63) is 76.6 Å². The maximum absolute atomic E-state index is 12.8. The van der Waals surface area contributed by atoms with E-state index in [2.05, 4.69) is 27.0 Å². The lowest BCUT2D eigenvalue weighted by Gasteiger charge is -2.48. The molecule has 4 aliphatic rings. The third-order valence-electron chi connectivity index (χ3n) is 10.7. The van der Waals surface area contributed by atoms with E-state index in [0.717, 1.165) is 55.9 Å². The molecule has 1 N–H and O–H groups in total. The number of aromatic carboxylic acids is 1. The highest BCUT2D eigenvalue weighted by atomic mass is 35.5. The Hall–Kier alpha value is -3.25. The zero-order chi connectivity index (χ0) is 33.5. The molecule has 12 heteroatoms. The zero-order valence-electron chi connectivity index (χ0n) is 27.1. The number of anilines is 1. The Kier molecular flexibility index (Phi) is 9.40. The minimum atomic E-state index is -3.66. The quantitative estimate of drug-likeness (QED) is 0.276. The maximum Gasteiger partial charge on any atom is 0.335 e. The van der Waals surface area contributed by atoms with E-state index in [-0.39, 0.29) is 34.1 Å². The van der Waals surface area contributed by atoms with Gasteiger partial charge < -0.3 is 24.2 Å². The first kappa shape index (κ1) is 33.3. The fraction of sp³-hybridized carbons (Fsp3) is 0.528. The van der Waals surface area contributed by atoms with E-state index in [4.69, 9.17) is 25.8 Å². The van der Waals surface area contributed by atoms with Gasteiger partial charge in [0.15, 0.2) is 0 Å². The second kappa shape index (κ2) is 13.6. The lowest BCUT2D eigenvalue weighted by molar-refractivity contribution is -0.126. The number of hydrogen-bond donors (Lipinski definition) is 1. The molecule has 1 spiro atoms. The number of fused-ring (bicyclic) bond motifs is 3. The third kappa shape index (κ3) is 6.79. The Morgan fingerprint density at radius 3 is 2.77 bits per heavy atom. The molecule has 1 aromatic heterocycles. The molecule has 2 aliphatic carbocycles. The molecular formula is C36H42ClN3O7S. The van der Waals surface area contributed by atoms with Crippen molar-refractivity contribution in [2.45, 2.75) is 80.8 Å². The summed E-state index contributed by atoms with van der Waals surface area (Å²) in [5, 5.41) is 10.4. The summed E-state index contributed by atoms with van der Waals surface area (Å²) < 4.78 is 44.8. The van der Waals surface area contributed by atoms with Crippen LogP contribution in [0.15, 0.2) is 60.0 Å². The van der Waals surface area contributed by atoms with Crippen LogP contribution < -0.4 is 9.64 Å². The highest BCUT2D eigenvalue weighted by Gasteiger charge is 2.45. The van der Waals surface area contributed by atoms with Gasteiger partial charge in [-0.3, -0.25) is 0 Å². The van der Waals surface area contributed by atoms with Gasteiger partial charge >= 0.3 is 5.97 Å². The zero-order valence-corrected chi connectivity index (χ0v) is 28.7. The molecule has 1 unspecified atom stereocenters. The average Bonchev–Trinajstić information content (AvgIpc) is 3.20. The van der Waals surface area contributed by atoms with Crippen LogP contribution in [0.5, 0.6) is 5.75 Å². The van der Waals surface area contributed by atoms with Gasteiger partial charge in [0.05, 0.1) is 41.9 Å². The van der Waals surface area contributed by atoms with Crippen molar-refractivity contribution in [1.82, 2.24) is 9.97 Å². The lowest BCUT2D eigenvalue weighted by Crippen LogP contribution is -2.51. The molecule has 7 rings (SSSR count). The van der Waals surface area contributed by atoms with Crippen molar-refractivity contribution in [1.29, 1.82) is 0 Å². The van der Waals surface area contributed by atoms with Gasteiger partial charge in [-0.15, -0.1) is 0 Å². The first-order valence-corrected chi connectivity index (χ1v) is 18.9. The van der Waals surface area contributed by atoms with Crippen molar-refractivity contribution in [2.75, 3.05) is 37.0 Å². The lowest BCUT2D eigenvalue weighted by atomic mass is 9.67. The molecule has 2 aliphatic heterocycles. The first-order valence-electron chi connectivity index (χ1n) is 16.9. The van der Waals surface area contributed by atoms with Gasteiger partial charge in [-0.2, -0.15) is 0 Å². The molecule has 3 aromatic rings. The summed E-state index contributed by atoms with van der Waals surface area (Å²) in [6.07, 6.45) is 8.72. The van der Waals surface area contributed by atoms with Gasteiger partial charge in [0.25, 0.3) is 0 Å². The summed E-state index contributed by atoms with van der Waals surface area (Å²) in [6.45, 7) is 4.33. The van der Waals surface area contributed by atoms with Gasteiger partial charge in [0, 0.05) is 48.9 Å². The minimum absolute atomic E-state index is 0.00308. The largest absolute Gasteiger partial charge is 0.490 e. The smallest absolute Gasteiger partial charge is 0.335 e. The maximum atomic E-state index is 12.8. The van der Waals surface area contributed by atoms with Crippen LogP contribution in [0.4, 0.5) is 5.69 Å². The van der Waals surface area contributed by atoms with Gasteiger partial charge in [-0.05, 0) is 105 Å². The van der Waals surface area contributed by atoms with Crippen LogP contribution in [0.25, 0.3) is 0 Å². The summed E-state index contributed by atoms with van der Waals surface area (Å²) in [5.74, 6) is 0.219. The molecular weight excluding hydrogens is 654 g/mol. The van der Waals surface area contributed by atoms with Crippen molar-refractivity contribution in [2.24, 2.45) is 11.8 Å². The van der Waals surface area contributed by atoms with E-state index >= 15 is 0 Å². The van der Waals surface area contributed by atoms with E-state index in [0.29, 0.717) is 43.6 Å². The standard InChI is InChI=1S/C36H42ClN3O7S/c1-23(20-48(43,44)35-38-13-3-14-39-35)47-28-11-15-45-33(18-28)29-8-5-26(29)19-40-21-36(12-2-4-24-16-27(37)7-9-30(24)36)22-46-32-10-6-25(34(41)42)17-31(32)40/h3,6-7,9-10,13-14,16-17,23,26,28-29,33H,2,4-5,8,11-12,15,18-22H2,1H3,(H,41,42)/t23-,26-,28+,29+,33-,36?/m0/s1. The molecule has 1 saturated carbocycles. The Bertz CT molecular complexity index is 1760. The molecule has 6 atom stereocenters. The van der Waals surface area contributed by atoms with E-state index < -0.39 is 21.9 Å². The third-order valence-corrected chi connectivity index (χ3v) is 12.6. The average molecular weight is 696 g/mol. The molecule has 2 fully saturated rings. The molecule has 256 valence electrons. The second-order valence-electron chi connectivity index (χ2n) is 13.9. The second-order valence-corrected chi connectivity index (χ2v) is 16.3. The SMILES string of the molecule is C[C@@H](CS(=O)(=O)c1ncccn1)O[C@@H]1CCO[C@H]([C@@H]2CC[C@H]2CN2CC3(CCCc4cc(Cl)ccc43)COc3ccc(C(=O)O)cc32)C1. The number of hydrogen-bond acceptors (Lipinski definition) is 9. The number of aromatic nitrogens is 2. The Morgan fingerprint density at radius 2 is 2.00 bits per heavy atom. The Balaban J connectivity index is 1.08. The summed E-state index contributed by atoms with van der Waals surface area (Å²) >= 11 is 6.41. The molecule has 3 heterocycles. The fourth-order valence-corrected chi connectivity index (χ4v) is 9.74. The topological polar surface area (TPSA) is 128 Å². The van der Waals surface area contributed by atoms with Crippen LogP contribution in [0.2, 0.25) is 5.02 Å². The number of carboxylic acid groups (broad SMARTS) is 1. The Morgan fingerprint density at radius 1 is 1.17 bits per heavy atom. The van der Waals surface area contributed by atoms with Gasteiger partial charge in [-0.1, -0.05) is 17.7 Å². The van der Waals surface area contributed by atoms with Crippen LogP contribution in [-0.2, 0) is 31.1 Å². The molecule has 0 amide bonds. The molecule has 10 nitrogen and oxygen atoms in total. The molecule has 2 aromatic carbocycles. The van der Waals surface area contributed by atoms with E-state index in [1.165, 1.54) is 23.5 Å². The number of carbonyl (C=O) groups is 1. The van der Waals surface area contributed by atoms with Gasteiger partial charge in [-0.25, -0.2) is 23.2 Å². The van der Waals surface area contributed by atoms with Crippen molar-refractivity contribution >= 4 is 33.1 Å².